The molecule has 1 aromatic heterocycles. The molecule has 0 aromatic carbocycles. The van der Waals surface area contributed by atoms with Crippen LogP contribution in [0.4, 0.5) is 0 Å². The first kappa shape index (κ1) is 12.2. The summed E-state index contributed by atoms with van der Waals surface area (Å²) in [6.07, 6.45) is 6.72. The van der Waals surface area contributed by atoms with E-state index < -0.39 is 0 Å². The highest BCUT2D eigenvalue weighted by Crippen LogP contribution is 2.43. The van der Waals surface area contributed by atoms with E-state index in [2.05, 4.69) is 15.9 Å². The van der Waals surface area contributed by atoms with Crippen LogP contribution in [0, 0.1) is 5.92 Å². The normalized spacial score (nSPS) is 19.7. The van der Waals surface area contributed by atoms with Gasteiger partial charge >= 0.3 is 0 Å². The molecular formula is C11H13BrCl2S. The molecule has 0 radical (unpaired) electrons. The van der Waals surface area contributed by atoms with Crippen LogP contribution in [0.2, 0.25) is 8.67 Å². The van der Waals surface area contributed by atoms with Gasteiger partial charge in [-0.05, 0) is 24.0 Å². The Balaban J connectivity index is 2.00. The molecule has 2 rings (SSSR count). The van der Waals surface area contributed by atoms with Crippen molar-refractivity contribution in [2.24, 2.45) is 5.92 Å². The van der Waals surface area contributed by atoms with Crippen molar-refractivity contribution in [1.82, 2.24) is 0 Å². The molecule has 0 amide bonds. The van der Waals surface area contributed by atoms with Crippen molar-refractivity contribution in [3.8, 4) is 0 Å². The average Bonchev–Trinajstić information content (AvgIpc) is 2.75. The average molecular weight is 328 g/mol. The molecule has 0 spiro atoms. The number of halogens is 3. The lowest BCUT2D eigenvalue weighted by Gasteiger charge is -2.14. The van der Waals surface area contributed by atoms with Gasteiger partial charge in [-0.3, -0.25) is 0 Å². The molecule has 1 unspecified atom stereocenters. The molecule has 0 aliphatic heterocycles. The summed E-state index contributed by atoms with van der Waals surface area (Å²) in [6.45, 7) is 0. The summed E-state index contributed by atoms with van der Waals surface area (Å²) in [6, 6.07) is 1.99. The maximum absolute atomic E-state index is 6.13. The predicted molar refractivity (Wildman–Crippen MR) is 72.6 cm³/mol. The van der Waals surface area contributed by atoms with E-state index in [1.807, 2.05) is 6.07 Å². The van der Waals surface area contributed by atoms with Crippen LogP contribution in [-0.4, -0.2) is 0 Å². The van der Waals surface area contributed by atoms with E-state index in [9.17, 15) is 0 Å². The third kappa shape index (κ3) is 3.12. The molecule has 0 N–H and O–H groups in total. The van der Waals surface area contributed by atoms with Crippen LogP contribution >= 0.6 is 50.5 Å². The lowest BCUT2D eigenvalue weighted by molar-refractivity contribution is 0.502. The van der Waals surface area contributed by atoms with Crippen LogP contribution in [0.15, 0.2) is 6.07 Å². The van der Waals surface area contributed by atoms with Crippen molar-refractivity contribution in [1.29, 1.82) is 0 Å². The van der Waals surface area contributed by atoms with Gasteiger partial charge in [-0.1, -0.05) is 64.8 Å². The van der Waals surface area contributed by atoms with Gasteiger partial charge in [0.25, 0.3) is 0 Å². The second kappa shape index (κ2) is 5.39. The van der Waals surface area contributed by atoms with Gasteiger partial charge < -0.3 is 0 Å². The predicted octanol–water partition coefficient (Wildman–Crippen LogP) is 6.07. The first-order valence-corrected chi connectivity index (χ1v) is 7.74. The highest BCUT2D eigenvalue weighted by Gasteiger charge is 2.22. The minimum atomic E-state index is 0.372. The molecule has 1 saturated carbocycles. The third-order valence-corrected chi connectivity index (χ3v) is 5.42. The molecule has 1 aliphatic rings. The zero-order chi connectivity index (χ0) is 10.8. The van der Waals surface area contributed by atoms with Gasteiger partial charge in [-0.25, -0.2) is 0 Å². The maximum atomic E-state index is 6.13. The van der Waals surface area contributed by atoms with Gasteiger partial charge in [0, 0.05) is 4.83 Å². The fourth-order valence-electron chi connectivity index (χ4n) is 2.23. The van der Waals surface area contributed by atoms with Crippen LogP contribution in [0.1, 0.15) is 42.5 Å². The Morgan fingerprint density at radius 2 is 2.07 bits per heavy atom. The van der Waals surface area contributed by atoms with Crippen molar-refractivity contribution in [3.05, 3.63) is 20.3 Å². The summed E-state index contributed by atoms with van der Waals surface area (Å²) in [4.78, 5) is 0.372. The molecule has 15 heavy (non-hydrogen) atoms. The standard InChI is InChI=1S/C11H13BrCl2S/c12-9(5-7-3-1-2-4-7)8-6-10(13)15-11(8)14/h6-7,9H,1-5H2. The number of rotatable bonds is 3. The summed E-state index contributed by atoms with van der Waals surface area (Å²) in [5.74, 6) is 0.865. The fourth-order valence-corrected chi connectivity index (χ4v) is 4.98. The minimum absolute atomic E-state index is 0.372. The molecule has 0 nitrogen and oxygen atoms in total. The molecular weight excluding hydrogens is 315 g/mol. The Bertz CT molecular complexity index is 331. The van der Waals surface area contributed by atoms with E-state index in [0.717, 1.165) is 14.6 Å². The number of alkyl halides is 1. The van der Waals surface area contributed by atoms with E-state index in [-0.39, 0.29) is 0 Å². The molecule has 1 aromatic rings. The van der Waals surface area contributed by atoms with Gasteiger partial charge in [-0.15, -0.1) is 11.3 Å². The van der Waals surface area contributed by atoms with Gasteiger partial charge in [-0.2, -0.15) is 0 Å². The van der Waals surface area contributed by atoms with E-state index in [4.69, 9.17) is 23.2 Å². The summed E-state index contributed by atoms with van der Waals surface area (Å²) in [5, 5.41) is 0. The van der Waals surface area contributed by atoms with E-state index >= 15 is 0 Å². The Hall–Kier alpha value is 0.760. The second-order valence-corrected chi connectivity index (χ2v) is 7.52. The van der Waals surface area contributed by atoms with Crippen molar-refractivity contribution >= 4 is 50.5 Å². The van der Waals surface area contributed by atoms with Gasteiger partial charge in [0.2, 0.25) is 0 Å². The molecule has 1 heterocycles. The summed E-state index contributed by atoms with van der Waals surface area (Å²) in [5.41, 5.74) is 1.17. The minimum Gasteiger partial charge on any atom is -0.111 e. The smallest absolute Gasteiger partial charge is 0.0987 e. The third-order valence-electron chi connectivity index (χ3n) is 3.04. The Morgan fingerprint density at radius 1 is 1.40 bits per heavy atom. The molecule has 4 heteroatoms. The van der Waals surface area contributed by atoms with Gasteiger partial charge in [0.1, 0.15) is 0 Å². The van der Waals surface area contributed by atoms with E-state index in [0.29, 0.717) is 4.83 Å². The van der Waals surface area contributed by atoms with Crippen LogP contribution in [-0.2, 0) is 0 Å². The molecule has 1 fully saturated rings. The van der Waals surface area contributed by atoms with E-state index in [1.165, 1.54) is 49.0 Å². The Morgan fingerprint density at radius 3 is 2.60 bits per heavy atom. The molecule has 1 atom stereocenters. The SMILES string of the molecule is Clc1cc(C(Br)CC2CCCC2)c(Cl)s1. The maximum Gasteiger partial charge on any atom is 0.0987 e. The fraction of sp³-hybridized carbons (Fsp3) is 0.636. The Labute approximate surface area is 113 Å². The topological polar surface area (TPSA) is 0 Å². The first-order chi connectivity index (χ1) is 7.16. The van der Waals surface area contributed by atoms with Crippen molar-refractivity contribution in [3.63, 3.8) is 0 Å². The van der Waals surface area contributed by atoms with Crippen molar-refractivity contribution < 1.29 is 0 Å². The van der Waals surface area contributed by atoms with Crippen LogP contribution in [0.25, 0.3) is 0 Å². The first-order valence-electron chi connectivity index (χ1n) is 5.25. The van der Waals surface area contributed by atoms with Crippen molar-refractivity contribution in [2.75, 3.05) is 0 Å². The Kier molecular flexibility index (Phi) is 4.40. The monoisotopic (exact) mass is 326 g/mol. The number of hydrogen-bond donors (Lipinski definition) is 0. The largest absolute Gasteiger partial charge is 0.111 e. The summed E-state index contributed by atoms with van der Waals surface area (Å²) in [7, 11) is 0. The molecule has 1 aliphatic carbocycles. The number of thiophene rings is 1. The van der Waals surface area contributed by atoms with Gasteiger partial charge in [0.15, 0.2) is 0 Å². The zero-order valence-corrected chi connectivity index (χ0v) is 12.2. The molecule has 0 bridgehead atoms. The quantitative estimate of drug-likeness (QED) is 0.591. The second-order valence-electron chi connectivity index (χ2n) is 4.13. The van der Waals surface area contributed by atoms with Gasteiger partial charge in [0.05, 0.1) is 8.67 Å². The van der Waals surface area contributed by atoms with E-state index in [1.54, 1.807) is 0 Å². The van der Waals surface area contributed by atoms with Crippen LogP contribution in [0.3, 0.4) is 0 Å². The molecule has 0 saturated heterocycles. The summed E-state index contributed by atoms with van der Waals surface area (Å²) >= 11 is 17.2. The van der Waals surface area contributed by atoms with Crippen LogP contribution < -0.4 is 0 Å². The highest BCUT2D eigenvalue weighted by atomic mass is 79.9. The highest BCUT2D eigenvalue weighted by molar-refractivity contribution is 9.09. The number of hydrogen-bond acceptors (Lipinski definition) is 1. The lowest BCUT2D eigenvalue weighted by atomic mass is 9.99. The summed E-state index contributed by atoms with van der Waals surface area (Å²) < 4.78 is 1.62. The zero-order valence-electron chi connectivity index (χ0n) is 8.31. The molecule has 84 valence electrons. The lowest BCUT2D eigenvalue weighted by Crippen LogP contribution is -1.98. The van der Waals surface area contributed by atoms with Crippen molar-refractivity contribution in [2.45, 2.75) is 36.9 Å². The van der Waals surface area contributed by atoms with Crippen LogP contribution in [0.5, 0.6) is 0 Å².